The molecule has 212 valence electrons. The monoisotopic (exact) mass is 571 g/mol. The Labute approximate surface area is 238 Å². The van der Waals surface area contributed by atoms with Gasteiger partial charge in [-0.1, -0.05) is 48.5 Å². The maximum absolute atomic E-state index is 12.7. The van der Waals surface area contributed by atoms with Gasteiger partial charge in [-0.2, -0.15) is 0 Å². The zero-order valence-corrected chi connectivity index (χ0v) is 22.1. The second-order valence-electron chi connectivity index (χ2n) is 10.0. The van der Waals surface area contributed by atoms with E-state index in [-0.39, 0.29) is 18.7 Å². The van der Waals surface area contributed by atoms with Gasteiger partial charge in [-0.25, -0.2) is 4.98 Å². The molecule has 0 bridgehead atoms. The van der Waals surface area contributed by atoms with Crippen molar-refractivity contribution in [2.75, 3.05) is 6.54 Å². The number of nitrogens with zero attached hydrogens (tertiary/aromatic N) is 2. The second-order valence-corrected chi connectivity index (χ2v) is 10.0. The van der Waals surface area contributed by atoms with Crippen molar-refractivity contribution in [2.24, 2.45) is 0 Å². The highest BCUT2D eigenvalue weighted by Gasteiger charge is 2.31. The molecule has 0 unspecified atom stereocenters. The molecule has 1 aliphatic rings. The summed E-state index contributed by atoms with van der Waals surface area (Å²) in [5, 5.41) is 11.5. The van der Waals surface area contributed by atoms with E-state index in [0.717, 1.165) is 28.6 Å². The average Bonchev–Trinajstić information content (AvgIpc) is 3.50. The maximum Gasteiger partial charge on any atom is 0.573 e. The van der Waals surface area contributed by atoms with Gasteiger partial charge in [0.05, 0.1) is 17.5 Å². The fraction of sp³-hybridized carbons (Fsp3) is 0.156. The van der Waals surface area contributed by atoms with Crippen LogP contribution in [-0.2, 0) is 17.8 Å². The number of aliphatic carboxylic acids is 1. The van der Waals surface area contributed by atoms with Gasteiger partial charge in [0.1, 0.15) is 11.6 Å². The van der Waals surface area contributed by atoms with E-state index in [1.54, 1.807) is 30.3 Å². The van der Waals surface area contributed by atoms with Gasteiger partial charge in [0.2, 0.25) is 0 Å². The summed E-state index contributed by atoms with van der Waals surface area (Å²) in [5.74, 6) is -1.09. The number of nitrogens with one attached hydrogen (secondary N) is 1. The predicted octanol–water partition coefficient (Wildman–Crippen LogP) is 6.43. The molecular formula is C32H24F3N3O4. The van der Waals surface area contributed by atoms with E-state index in [2.05, 4.69) is 34.3 Å². The number of fused-ring (bicyclic) bond motifs is 4. The summed E-state index contributed by atoms with van der Waals surface area (Å²) in [6.07, 6.45) is -4.18. The normalized spacial score (nSPS) is 12.2. The quantitative estimate of drug-likeness (QED) is 0.220. The van der Waals surface area contributed by atoms with Gasteiger partial charge in [-0.15, -0.1) is 13.2 Å². The first-order chi connectivity index (χ1) is 20.1. The van der Waals surface area contributed by atoms with Crippen LogP contribution in [0.5, 0.6) is 5.75 Å². The minimum Gasteiger partial charge on any atom is -0.481 e. The molecule has 0 saturated carbocycles. The van der Waals surface area contributed by atoms with Crippen LogP contribution in [0.2, 0.25) is 0 Å². The minimum absolute atomic E-state index is 0.00252. The van der Waals surface area contributed by atoms with Crippen LogP contribution in [-0.4, -0.2) is 39.4 Å². The minimum atomic E-state index is -4.78. The molecule has 5 aromatic rings. The number of carboxylic acids is 1. The zero-order valence-electron chi connectivity index (χ0n) is 22.1. The Kier molecular flexibility index (Phi) is 6.89. The van der Waals surface area contributed by atoms with E-state index in [9.17, 15) is 22.8 Å². The highest BCUT2D eigenvalue weighted by molar-refractivity contribution is 5.98. The first kappa shape index (κ1) is 27.1. The molecule has 1 aliphatic carbocycles. The van der Waals surface area contributed by atoms with E-state index < -0.39 is 18.2 Å². The number of rotatable bonds is 8. The van der Waals surface area contributed by atoms with Crippen molar-refractivity contribution in [2.45, 2.75) is 25.7 Å². The third kappa shape index (κ3) is 5.56. The number of alkyl halides is 3. The second kappa shape index (κ2) is 10.7. The Morgan fingerprint density at radius 2 is 1.69 bits per heavy atom. The van der Waals surface area contributed by atoms with Crippen LogP contribution in [0.25, 0.3) is 33.5 Å². The maximum atomic E-state index is 12.7. The molecule has 0 atom stereocenters. The summed E-state index contributed by atoms with van der Waals surface area (Å²) in [4.78, 5) is 28.4. The lowest BCUT2D eigenvalue weighted by Crippen LogP contribution is -2.25. The fourth-order valence-corrected chi connectivity index (χ4v) is 5.30. The third-order valence-corrected chi connectivity index (χ3v) is 7.18. The van der Waals surface area contributed by atoms with E-state index in [1.165, 1.54) is 28.8 Å². The summed E-state index contributed by atoms with van der Waals surface area (Å²) in [6.45, 7) is 0.303. The largest absolute Gasteiger partial charge is 0.573 e. The highest BCUT2D eigenvalue weighted by atomic mass is 19.4. The van der Waals surface area contributed by atoms with Crippen molar-refractivity contribution < 1.29 is 32.6 Å². The predicted molar refractivity (Wildman–Crippen MR) is 150 cm³/mol. The van der Waals surface area contributed by atoms with Crippen molar-refractivity contribution in [3.63, 3.8) is 0 Å². The first-order valence-electron chi connectivity index (χ1n) is 13.2. The van der Waals surface area contributed by atoms with E-state index in [0.29, 0.717) is 23.4 Å². The van der Waals surface area contributed by atoms with Gasteiger partial charge in [0, 0.05) is 24.2 Å². The topological polar surface area (TPSA) is 93.5 Å². The molecule has 0 aliphatic heterocycles. The van der Waals surface area contributed by atoms with Gasteiger partial charge in [0.15, 0.2) is 0 Å². The van der Waals surface area contributed by atoms with Crippen molar-refractivity contribution in [3.05, 3.63) is 107 Å². The van der Waals surface area contributed by atoms with Crippen molar-refractivity contribution in [1.29, 1.82) is 0 Å². The standard InChI is InChI=1S/C32H24F3N3O4/c33-32(34,35)42-24-9-5-19(6-10-24)18-38-28-12-8-22(31(41)36-14-13-29(39)40)17-27(28)37-30(38)21-7-11-26-23(16-21)15-20-3-1-2-4-25(20)26/h1-12,16-17H,13-15,18H2,(H,36,41)(H,39,40). The Morgan fingerprint density at radius 1 is 0.929 bits per heavy atom. The van der Waals surface area contributed by atoms with Crippen molar-refractivity contribution >= 4 is 22.9 Å². The number of hydrogen-bond acceptors (Lipinski definition) is 4. The molecule has 0 fully saturated rings. The highest BCUT2D eigenvalue weighted by Crippen LogP contribution is 2.39. The smallest absolute Gasteiger partial charge is 0.481 e. The van der Waals surface area contributed by atoms with Gasteiger partial charge in [-0.05, 0) is 70.6 Å². The molecule has 4 aromatic carbocycles. The number of aromatic nitrogens is 2. The molecule has 1 heterocycles. The number of ether oxygens (including phenoxy) is 1. The lowest BCUT2D eigenvalue weighted by Gasteiger charge is -2.13. The van der Waals surface area contributed by atoms with Crippen LogP contribution in [0.3, 0.4) is 0 Å². The van der Waals surface area contributed by atoms with Gasteiger partial charge < -0.3 is 19.7 Å². The van der Waals surface area contributed by atoms with Gasteiger partial charge in [-0.3, -0.25) is 9.59 Å². The Bertz CT molecular complexity index is 1830. The SMILES string of the molecule is O=C(O)CCNC(=O)c1ccc2c(c1)nc(-c1ccc3c(c1)Cc1ccccc1-3)n2Cc1ccc(OC(F)(F)F)cc1. The van der Waals surface area contributed by atoms with E-state index >= 15 is 0 Å². The summed E-state index contributed by atoms with van der Waals surface area (Å²) in [5.41, 5.74) is 7.99. The van der Waals surface area contributed by atoms with Gasteiger partial charge in [0.25, 0.3) is 5.91 Å². The molecule has 0 radical (unpaired) electrons. The molecule has 1 amide bonds. The molecule has 7 nitrogen and oxygen atoms in total. The Morgan fingerprint density at radius 3 is 2.45 bits per heavy atom. The van der Waals surface area contributed by atoms with Crippen LogP contribution in [0.1, 0.15) is 33.5 Å². The molecule has 42 heavy (non-hydrogen) atoms. The summed E-state index contributed by atoms with van der Waals surface area (Å²) in [6, 6.07) is 25.2. The molecule has 1 aromatic heterocycles. The molecule has 2 N–H and O–H groups in total. The van der Waals surface area contributed by atoms with Crippen LogP contribution in [0.15, 0.2) is 84.9 Å². The van der Waals surface area contributed by atoms with Crippen LogP contribution in [0.4, 0.5) is 13.2 Å². The summed E-state index contributed by atoms with van der Waals surface area (Å²) in [7, 11) is 0. The van der Waals surface area contributed by atoms with Crippen molar-refractivity contribution in [1.82, 2.24) is 14.9 Å². The number of imidazole rings is 1. The zero-order chi connectivity index (χ0) is 29.4. The Balaban J connectivity index is 1.38. The number of hydrogen-bond donors (Lipinski definition) is 2. The van der Waals surface area contributed by atoms with Crippen molar-refractivity contribution in [3.8, 4) is 28.3 Å². The Hall–Kier alpha value is -5.12. The molecule has 6 rings (SSSR count). The lowest BCUT2D eigenvalue weighted by molar-refractivity contribution is -0.274. The molecule has 0 saturated heterocycles. The van der Waals surface area contributed by atoms with Crippen LogP contribution < -0.4 is 10.1 Å². The van der Waals surface area contributed by atoms with Gasteiger partial charge >= 0.3 is 12.3 Å². The number of amides is 1. The number of halogens is 3. The van der Waals surface area contributed by atoms with E-state index in [4.69, 9.17) is 10.1 Å². The number of carbonyl (C=O) groups excluding carboxylic acids is 1. The average molecular weight is 572 g/mol. The molecular weight excluding hydrogens is 547 g/mol. The number of benzene rings is 4. The third-order valence-electron chi connectivity index (χ3n) is 7.18. The fourth-order valence-electron chi connectivity index (χ4n) is 5.30. The molecule has 10 heteroatoms. The summed E-state index contributed by atoms with van der Waals surface area (Å²) >= 11 is 0. The first-order valence-corrected chi connectivity index (χ1v) is 13.2. The van der Waals surface area contributed by atoms with Crippen LogP contribution in [0, 0.1) is 0 Å². The number of carbonyl (C=O) groups is 2. The van der Waals surface area contributed by atoms with E-state index in [1.807, 2.05) is 22.8 Å². The lowest BCUT2D eigenvalue weighted by atomic mass is 10.0. The van der Waals surface area contributed by atoms with Crippen LogP contribution >= 0.6 is 0 Å². The molecule has 0 spiro atoms. The number of carboxylic acid groups (broad SMARTS) is 1. The summed E-state index contributed by atoms with van der Waals surface area (Å²) < 4.78 is 43.9.